The molecule has 19 heavy (non-hydrogen) atoms. The van der Waals surface area contributed by atoms with Gasteiger partial charge in [-0.15, -0.1) is 0 Å². The Balaban J connectivity index is 2.75. The standard InChI is InChI=1S/C11H11ClN2O4S/c1-17-10-8(12)3-6(4-9(10)19(2,15)16)7-5-14-18-11(7)13/h3-5H,13H2,1-2H3. The molecule has 0 unspecified atom stereocenters. The molecular formula is C11H11ClN2O4S. The number of hydrogen-bond donors (Lipinski definition) is 1. The number of nitrogens with zero attached hydrogens (tertiary/aromatic N) is 1. The van der Waals surface area contributed by atoms with Crippen molar-refractivity contribution >= 4 is 27.3 Å². The highest BCUT2D eigenvalue weighted by atomic mass is 35.5. The van der Waals surface area contributed by atoms with Crippen molar-refractivity contribution in [2.45, 2.75) is 4.90 Å². The Kier molecular flexibility index (Phi) is 3.42. The Labute approximate surface area is 115 Å². The van der Waals surface area contributed by atoms with Crippen LogP contribution in [0.4, 0.5) is 5.88 Å². The van der Waals surface area contributed by atoms with Gasteiger partial charge in [-0.3, -0.25) is 0 Å². The van der Waals surface area contributed by atoms with Gasteiger partial charge in [0.15, 0.2) is 15.6 Å². The zero-order valence-corrected chi connectivity index (χ0v) is 11.7. The van der Waals surface area contributed by atoms with Crippen molar-refractivity contribution in [3.05, 3.63) is 23.4 Å². The van der Waals surface area contributed by atoms with Gasteiger partial charge in [0, 0.05) is 6.26 Å². The Morgan fingerprint density at radius 2 is 2.11 bits per heavy atom. The number of nitrogens with two attached hydrogens (primary N) is 1. The van der Waals surface area contributed by atoms with Gasteiger partial charge in [-0.2, -0.15) is 0 Å². The van der Waals surface area contributed by atoms with Crippen molar-refractivity contribution in [3.8, 4) is 16.9 Å². The zero-order valence-electron chi connectivity index (χ0n) is 10.2. The molecule has 0 saturated heterocycles. The molecule has 1 heterocycles. The third-order valence-electron chi connectivity index (χ3n) is 2.52. The minimum Gasteiger partial charge on any atom is -0.494 e. The number of halogens is 1. The first kappa shape index (κ1) is 13.7. The first-order valence-corrected chi connectivity index (χ1v) is 7.39. The largest absolute Gasteiger partial charge is 0.494 e. The summed E-state index contributed by atoms with van der Waals surface area (Å²) in [6, 6.07) is 2.96. The fraction of sp³-hybridized carbons (Fsp3) is 0.182. The van der Waals surface area contributed by atoms with Crippen LogP contribution in [0.2, 0.25) is 5.02 Å². The number of anilines is 1. The monoisotopic (exact) mass is 302 g/mol. The molecule has 2 aromatic rings. The van der Waals surface area contributed by atoms with Gasteiger partial charge in [-0.1, -0.05) is 16.8 Å². The van der Waals surface area contributed by atoms with Gasteiger partial charge in [0.1, 0.15) is 4.90 Å². The SMILES string of the molecule is COc1c(Cl)cc(-c2cnoc2N)cc1S(C)(=O)=O. The maximum absolute atomic E-state index is 11.8. The Morgan fingerprint density at radius 3 is 2.58 bits per heavy atom. The van der Waals surface area contributed by atoms with Crippen molar-refractivity contribution in [2.75, 3.05) is 19.1 Å². The first-order valence-electron chi connectivity index (χ1n) is 5.12. The lowest BCUT2D eigenvalue weighted by Crippen LogP contribution is -2.02. The molecule has 0 radical (unpaired) electrons. The van der Waals surface area contributed by atoms with Gasteiger partial charge in [-0.05, 0) is 17.7 Å². The van der Waals surface area contributed by atoms with E-state index in [4.69, 9.17) is 26.6 Å². The third kappa shape index (κ3) is 2.52. The third-order valence-corrected chi connectivity index (χ3v) is 3.91. The Morgan fingerprint density at radius 1 is 1.42 bits per heavy atom. The Hall–Kier alpha value is -1.73. The zero-order chi connectivity index (χ0) is 14.2. The molecule has 1 aromatic heterocycles. The van der Waals surface area contributed by atoms with Crippen LogP contribution in [0.25, 0.3) is 11.1 Å². The topological polar surface area (TPSA) is 95.4 Å². The minimum absolute atomic E-state index is 0.0156. The van der Waals surface area contributed by atoms with Crippen molar-refractivity contribution in [2.24, 2.45) is 0 Å². The molecule has 2 N–H and O–H groups in total. The normalized spacial score (nSPS) is 11.5. The second-order valence-electron chi connectivity index (χ2n) is 3.87. The molecule has 8 heteroatoms. The van der Waals surface area contributed by atoms with Crippen molar-refractivity contribution < 1.29 is 17.7 Å². The lowest BCUT2D eigenvalue weighted by Gasteiger charge is -2.11. The van der Waals surface area contributed by atoms with Gasteiger partial charge in [-0.25, -0.2) is 8.42 Å². The van der Waals surface area contributed by atoms with E-state index in [0.29, 0.717) is 11.1 Å². The summed E-state index contributed by atoms with van der Waals surface area (Å²) in [5.41, 5.74) is 6.56. The van der Waals surface area contributed by atoms with Gasteiger partial charge in [0.25, 0.3) is 0 Å². The molecule has 0 amide bonds. The van der Waals surface area contributed by atoms with Crippen molar-refractivity contribution in [1.29, 1.82) is 0 Å². The highest BCUT2D eigenvalue weighted by molar-refractivity contribution is 7.90. The number of benzene rings is 1. The lowest BCUT2D eigenvalue weighted by atomic mass is 10.1. The van der Waals surface area contributed by atoms with E-state index in [1.54, 1.807) is 0 Å². The molecular weight excluding hydrogens is 292 g/mol. The van der Waals surface area contributed by atoms with E-state index < -0.39 is 9.84 Å². The van der Waals surface area contributed by atoms with Crippen LogP contribution in [0.5, 0.6) is 5.75 Å². The second kappa shape index (κ2) is 4.75. The number of nitrogen functional groups attached to an aromatic ring is 1. The smallest absolute Gasteiger partial charge is 0.229 e. The maximum Gasteiger partial charge on any atom is 0.229 e. The van der Waals surface area contributed by atoms with E-state index in [9.17, 15) is 8.42 Å². The van der Waals surface area contributed by atoms with Crippen LogP contribution in [-0.2, 0) is 9.84 Å². The summed E-state index contributed by atoms with van der Waals surface area (Å²) in [7, 11) is -2.15. The van der Waals surface area contributed by atoms with E-state index in [-0.39, 0.29) is 21.6 Å². The predicted octanol–water partition coefficient (Wildman–Crippen LogP) is 1.99. The number of sulfone groups is 1. The molecule has 0 atom stereocenters. The predicted molar refractivity (Wildman–Crippen MR) is 71.0 cm³/mol. The molecule has 6 nitrogen and oxygen atoms in total. The number of aromatic nitrogens is 1. The molecule has 0 bridgehead atoms. The van der Waals surface area contributed by atoms with E-state index >= 15 is 0 Å². The molecule has 0 aliphatic rings. The number of hydrogen-bond acceptors (Lipinski definition) is 6. The molecule has 0 aliphatic carbocycles. The average molecular weight is 303 g/mol. The van der Waals surface area contributed by atoms with Crippen LogP contribution in [0.3, 0.4) is 0 Å². The van der Waals surface area contributed by atoms with Gasteiger partial charge < -0.3 is 15.0 Å². The average Bonchev–Trinajstić information content (AvgIpc) is 2.73. The van der Waals surface area contributed by atoms with E-state index in [1.165, 1.54) is 25.4 Å². The quantitative estimate of drug-likeness (QED) is 0.931. The summed E-state index contributed by atoms with van der Waals surface area (Å²) in [4.78, 5) is -0.0156. The van der Waals surface area contributed by atoms with Gasteiger partial charge >= 0.3 is 0 Å². The summed E-state index contributed by atoms with van der Waals surface area (Å²) >= 11 is 6.03. The van der Waals surface area contributed by atoms with Crippen molar-refractivity contribution in [3.63, 3.8) is 0 Å². The molecule has 0 saturated carbocycles. The minimum atomic E-state index is -3.50. The fourth-order valence-corrected chi connectivity index (χ4v) is 2.89. The lowest BCUT2D eigenvalue weighted by molar-refractivity contribution is 0.403. The number of ether oxygens (including phenoxy) is 1. The summed E-state index contributed by atoms with van der Waals surface area (Å²) in [5.74, 6) is 0.184. The highest BCUT2D eigenvalue weighted by Gasteiger charge is 2.20. The molecule has 0 aliphatic heterocycles. The highest BCUT2D eigenvalue weighted by Crippen LogP contribution is 2.38. The van der Waals surface area contributed by atoms with Crippen LogP contribution in [0, 0.1) is 0 Å². The Bertz CT molecular complexity index is 724. The van der Waals surface area contributed by atoms with Crippen molar-refractivity contribution in [1.82, 2.24) is 5.16 Å². The van der Waals surface area contributed by atoms with Crippen LogP contribution < -0.4 is 10.5 Å². The number of methoxy groups -OCH3 is 1. The molecule has 0 fully saturated rings. The van der Waals surface area contributed by atoms with Gasteiger partial charge in [0.2, 0.25) is 5.88 Å². The van der Waals surface area contributed by atoms with Crippen LogP contribution >= 0.6 is 11.6 Å². The number of rotatable bonds is 3. The van der Waals surface area contributed by atoms with E-state index in [0.717, 1.165) is 6.26 Å². The maximum atomic E-state index is 11.8. The second-order valence-corrected chi connectivity index (χ2v) is 6.26. The van der Waals surface area contributed by atoms with Crippen LogP contribution in [-0.4, -0.2) is 26.9 Å². The van der Waals surface area contributed by atoms with Crippen LogP contribution in [0.1, 0.15) is 0 Å². The summed E-state index contributed by atoms with van der Waals surface area (Å²) in [6.07, 6.45) is 2.46. The summed E-state index contributed by atoms with van der Waals surface area (Å²) < 4.78 is 33.3. The molecule has 1 aromatic carbocycles. The van der Waals surface area contributed by atoms with Gasteiger partial charge in [0.05, 0.1) is 23.9 Å². The fourth-order valence-electron chi connectivity index (χ4n) is 1.66. The summed E-state index contributed by atoms with van der Waals surface area (Å²) in [6.45, 7) is 0. The molecule has 0 spiro atoms. The molecule has 102 valence electrons. The molecule has 2 rings (SSSR count). The van der Waals surface area contributed by atoms with E-state index in [2.05, 4.69) is 5.16 Å². The first-order chi connectivity index (χ1) is 8.84. The van der Waals surface area contributed by atoms with E-state index in [1.807, 2.05) is 0 Å². The summed E-state index contributed by atoms with van der Waals surface area (Å²) in [5, 5.41) is 3.71. The van der Waals surface area contributed by atoms with Crippen LogP contribution in [0.15, 0.2) is 27.7 Å².